The minimum Gasteiger partial charge on any atom is -0.383 e. The summed E-state index contributed by atoms with van der Waals surface area (Å²) in [6, 6.07) is -0.137. The topological polar surface area (TPSA) is 101 Å². The number of anilines is 1. The van der Waals surface area contributed by atoms with Gasteiger partial charge in [0.1, 0.15) is 17.5 Å². The molecule has 0 unspecified atom stereocenters. The van der Waals surface area contributed by atoms with Gasteiger partial charge in [-0.2, -0.15) is 18.2 Å². The molecule has 0 radical (unpaired) electrons. The van der Waals surface area contributed by atoms with Crippen molar-refractivity contribution in [2.24, 2.45) is 0 Å². The summed E-state index contributed by atoms with van der Waals surface area (Å²) in [6.45, 7) is 7.45. The summed E-state index contributed by atoms with van der Waals surface area (Å²) in [6.07, 6.45) is -3.85. The number of nitrogens with zero attached hydrogens (tertiary/aromatic N) is 4. The van der Waals surface area contributed by atoms with E-state index in [0.29, 0.717) is 17.4 Å². The van der Waals surface area contributed by atoms with Gasteiger partial charge in [0, 0.05) is 65.5 Å². The number of ether oxygens (including phenoxy) is 1. The number of piperazine rings is 1. The van der Waals surface area contributed by atoms with Crippen molar-refractivity contribution in [1.82, 2.24) is 19.4 Å². The van der Waals surface area contributed by atoms with Crippen LogP contribution in [0.15, 0.2) is 39.3 Å². The number of aromatic nitrogens is 3. The molecule has 2 aromatic heterocycles. The molecule has 6 rings (SSSR count). The second-order valence-corrected chi connectivity index (χ2v) is 13.0. The quantitative estimate of drug-likeness (QED) is 0.232. The van der Waals surface area contributed by atoms with E-state index in [2.05, 4.69) is 16.5 Å². The zero-order chi connectivity index (χ0) is 32.5. The summed E-state index contributed by atoms with van der Waals surface area (Å²) in [5.74, 6) is -2.62. The second-order valence-electron chi connectivity index (χ2n) is 11.0. The number of carbonyl (C=O) groups excluding carboxylic acids is 1. The molecule has 1 amide bonds. The molecule has 1 N–H and O–H groups in total. The van der Waals surface area contributed by atoms with Gasteiger partial charge < -0.3 is 19.5 Å². The van der Waals surface area contributed by atoms with Crippen LogP contribution in [0.1, 0.15) is 25.5 Å². The number of alkyl halides is 3. The van der Waals surface area contributed by atoms with E-state index in [1.54, 1.807) is 23.6 Å². The van der Waals surface area contributed by atoms with Crippen molar-refractivity contribution in [1.29, 1.82) is 0 Å². The lowest BCUT2D eigenvalue weighted by Gasteiger charge is -2.45. The van der Waals surface area contributed by atoms with Gasteiger partial charge in [0.15, 0.2) is 0 Å². The first-order valence-electron chi connectivity index (χ1n) is 13.8. The Balaban J connectivity index is 1.71. The van der Waals surface area contributed by atoms with E-state index in [4.69, 9.17) is 4.74 Å². The molecule has 4 aromatic rings. The number of carbonyl (C=O) groups is 1. The lowest BCUT2D eigenvalue weighted by molar-refractivity contribution is -0.137. The molecule has 0 saturated carbocycles. The van der Waals surface area contributed by atoms with Crippen LogP contribution in [0.3, 0.4) is 0 Å². The predicted octanol–water partition coefficient (Wildman–Crippen LogP) is 5.17. The van der Waals surface area contributed by atoms with E-state index < -0.39 is 68.7 Å². The maximum absolute atomic E-state index is 15.7. The molecule has 0 aliphatic carbocycles. The Labute approximate surface area is 260 Å². The van der Waals surface area contributed by atoms with Gasteiger partial charge in [-0.25, -0.2) is 13.6 Å². The van der Waals surface area contributed by atoms with E-state index in [0.717, 1.165) is 17.8 Å². The Bertz CT molecular complexity index is 1990. The summed E-state index contributed by atoms with van der Waals surface area (Å²) in [7, 11) is 1.42. The predicted molar refractivity (Wildman–Crippen MR) is 162 cm³/mol. The number of halogens is 5. The normalized spacial score (nSPS) is 20.3. The Morgan fingerprint density at radius 2 is 1.84 bits per heavy atom. The SMILES string of the molecule is C=CC(=O)N1[C@H](C)CN(c2nc(=O)n3c4c(c(-c5c(F)cc(F)c6sc(=O)[nH]c56)c(C(F)(F)F)cc24)SC[C@@H]3COC)C[C@@H]1C. The molecule has 238 valence electrons. The van der Waals surface area contributed by atoms with Crippen molar-refractivity contribution < 1.29 is 31.5 Å². The summed E-state index contributed by atoms with van der Waals surface area (Å²) in [5, 5.41) is -0.00514. The standard InChI is InChI=1S/C29H26F5N5O4S2/c1-5-19(40)38-12(2)8-37(9-13(38)3)26-15-6-16(29(32,33)34)20(21-17(30)7-18(31)24-22(21)35-28(42)45-24)25-23(15)39(27(41)36-26)14(10-43-4)11-44-25/h5-7,12-14H,1,8-11H2,2-4H3,(H,35,42)/t12-,13+,14-/m0/s1. The molecular weight excluding hydrogens is 641 g/mol. The molecule has 0 spiro atoms. The molecule has 16 heteroatoms. The van der Waals surface area contributed by atoms with E-state index in [1.165, 1.54) is 17.8 Å². The largest absolute Gasteiger partial charge is 0.417 e. The van der Waals surface area contributed by atoms with Gasteiger partial charge >= 0.3 is 16.7 Å². The molecule has 45 heavy (non-hydrogen) atoms. The average molecular weight is 668 g/mol. The van der Waals surface area contributed by atoms with Gasteiger partial charge in [-0.15, -0.1) is 11.8 Å². The highest BCUT2D eigenvalue weighted by molar-refractivity contribution is 7.99. The first-order valence-corrected chi connectivity index (χ1v) is 15.6. The van der Waals surface area contributed by atoms with Gasteiger partial charge in [-0.1, -0.05) is 17.9 Å². The minimum absolute atomic E-state index is 0.00514. The average Bonchev–Trinajstić information content (AvgIpc) is 3.36. The molecule has 3 atom stereocenters. The number of methoxy groups -OCH3 is 1. The van der Waals surface area contributed by atoms with Crippen LogP contribution in [-0.2, 0) is 15.7 Å². The summed E-state index contributed by atoms with van der Waals surface area (Å²) in [5.41, 5.74) is -3.53. The fourth-order valence-electron chi connectivity index (χ4n) is 6.44. The Hall–Kier alpha value is -3.76. The van der Waals surface area contributed by atoms with E-state index in [-0.39, 0.29) is 57.7 Å². The lowest BCUT2D eigenvalue weighted by Crippen LogP contribution is -2.58. The van der Waals surface area contributed by atoms with Crippen LogP contribution in [0.4, 0.5) is 27.8 Å². The molecule has 1 saturated heterocycles. The molecule has 1 fully saturated rings. The number of benzene rings is 2. The van der Waals surface area contributed by atoms with Crippen LogP contribution in [-0.4, -0.2) is 70.0 Å². The van der Waals surface area contributed by atoms with Crippen molar-refractivity contribution in [2.75, 3.05) is 37.5 Å². The van der Waals surface area contributed by atoms with E-state index in [1.807, 2.05) is 0 Å². The van der Waals surface area contributed by atoms with Crippen molar-refractivity contribution in [3.05, 3.63) is 62.1 Å². The van der Waals surface area contributed by atoms with Crippen LogP contribution in [0.2, 0.25) is 0 Å². The van der Waals surface area contributed by atoms with Gasteiger partial charge in [-0.3, -0.25) is 14.2 Å². The van der Waals surface area contributed by atoms with Crippen molar-refractivity contribution in [2.45, 2.75) is 43.0 Å². The first-order chi connectivity index (χ1) is 21.3. The first kappa shape index (κ1) is 31.2. The maximum atomic E-state index is 15.7. The third-order valence-electron chi connectivity index (χ3n) is 8.10. The van der Waals surface area contributed by atoms with E-state index in [9.17, 15) is 18.8 Å². The zero-order valence-electron chi connectivity index (χ0n) is 24.1. The van der Waals surface area contributed by atoms with Crippen LogP contribution < -0.4 is 15.5 Å². The number of rotatable bonds is 5. The Kier molecular flexibility index (Phi) is 7.80. The number of hydrogen-bond acceptors (Lipinski definition) is 8. The highest BCUT2D eigenvalue weighted by Crippen LogP contribution is 2.51. The number of H-pyrrole nitrogens is 1. The maximum Gasteiger partial charge on any atom is 0.417 e. The second kappa shape index (κ2) is 11.2. The Morgan fingerprint density at radius 3 is 2.47 bits per heavy atom. The fraction of sp³-hybridized carbons (Fsp3) is 0.379. The summed E-state index contributed by atoms with van der Waals surface area (Å²) >= 11 is 1.40. The minimum atomic E-state index is -5.04. The number of fused-ring (bicyclic) bond motifs is 1. The van der Waals surface area contributed by atoms with Crippen LogP contribution in [0.5, 0.6) is 0 Å². The van der Waals surface area contributed by atoms with E-state index >= 15 is 17.6 Å². The monoisotopic (exact) mass is 667 g/mol. The van der Waals surface area contributed by atoms with Crippen LogP contribution in [0.25, 0.3) is 32.2 Å². The molecule has 4 heterocycles. The molecule has 2 aliphatic rings. The summed E-state index contributed by atoms with van der Waals surface area (Å²) < 4.78 is 81.7. The Morgan fingerprint density at radius 1 is 1.16 bits per heavy atom. The van der Waals surface area contributed by atoms with Gasteiger partial charge in [0.05, 0.1) is 33.9 Å². The van der Waals surface area contributed by atoms with Crippen molar-refractivity contribution in [3.63, 3.8) is 0 Å². The number of thioether (sulfide) groups is 1. The van der Waals surface area contributed by atoms with Gasteiger partial charge in [0.25, 0.3) is 0 Å². The smallest absolute Gasteiger partial charge is 0.383 e. The molecule has 2 aliphatic heterocycles. The highest BCUT2D eigenvalue weighted by atomic mass is 32.2. The lowest BCUT2D eigenvalue weighted by atomic mass is 9.94. The number of thiazole rings is 1. The van der Waals surface area contributed by atoms with Crippen LogP contribution >= 0.6 is 23.1 Å². The molecule has 0 bridgehead atoms. The van der Waals surface area contributed by atoms with Crippen LogP contribution in [0, 0.1) is 11.6 Å². The van der Waals surface area contributed by atoms with Crippen molar-refractivity contribution >= 4 is 55.9 Å². The van der Waals surface area contributed by atoms with Gasteiger partial charge in [-0.05, 0) is 26.0 Å². The van der Waals surface area contributed by atoms with Gasteiger partial charge in [0.2, 0.25) is 5.91 Å². The molecule has 2 aromatic carbocycles. The molecular formula is C29H26F5N5O4S2. The zero-order valence-corrected chi connectivity index (χ0v) is 25.8. The highest BCUT2D eigenvalue weighted by Gasteiger charge is 2.41. The third kappa shape index (κ3) is 5.02. The fourth-order valence-corrected chi connectivity index (χ4v) is 8.50. The summed E-state index contributed by atoms with van der Waals surface area (Å²) in [4.78, 5) is 47.5. The number of hydrogen-bond donors (Lipinski definition) is 1. The molecule has 9 nitrogen and oxygen atoms in total. The number of nitrogens with one attached hydrogen (secondary N) is 1. The number of amides is 1. The van der Waals surface area contributed by atoms with Crippen molar-refractivity contribution in [3.8, 4) is 11.1 Å². The number of aromatic amines is 1. The third-order valence-corrected chi connectivity index (χ3v) is 10.2.